The van der Waals surface area contributed by atoms with E-state index < -0.39 is 0 Å². The first kappa shape index (κ1) is 13.8. The Bertz CT molecular complexity index is 543. The molecule has 0 radical (unpaired) electrons. The summed E-state index contributed by atoms with van der Waals surface area (Å²) in [5, 5.41) is 0. The Morgan fingerprint density at radius 2 is 1.79 bits per heavy atom. The Morgan fingerprint density at radius 1 is 1.00 bits per heavy atom. The maximum Gasteiger partial charge on any atom is 0.0375 e. The average Bonchev–Trinajstić information content (AvgIpc) is 2.39. The van der Waals surface area contributed by atoms with Crippen molar-refractivity contribution in [1.82, 2.24) is 4.98 Å². The van der Waals surface area contributed by atoms with Gasteiger partial charge in [-0.15, -0.1) is 0 Å². The fraction of sp³-hybridized carbons (Fsp3) is 0.389. The van der Waals surface area contributed by atoms with Crippen LogP contribution in [0.2, 0.25) is 0 Å². The predicted octanol–water partition coefficient (Wildman–Crippen LogP) is 4.86. The van der Waals surface area contributed by atoms with Crippen LogP contribution in [0.3, 0.4) is 0 Å². The van der Waals surface area contributed by atoms with Gasteiger partial charge in [-0.1, -0.05) is 45.0 Å². The Kier molecular flexibility index (Phi) is 4.36. The molecule has 0 spiro atoms. The monoisotopic (exact) mass is 253 g/mol. The summed E-state index contributed by atoms with van der Waals surface area (Å²) >= 11 is 0. The quantitative estimate of drug-likeness (QED) is 0.758. The van der Waals surface area contributed by atoms with Crippen molar-refractivity contribution < 1.29 is 0 Å². The molecule has 0 saturated carbocycles. The van der Waals surface area contributed by atoms with Crippen molar-refractivity contribution in [1.29, 1.82) is 0 Å². The first-order valence-corrected chi connectivity index (χ1v) is 7.07. The Morgan fingerprint density at radius 3 is 2.47 bits per heavy atom. The summed E-state index contributed by atoms with van der Waals surface area (Å²) < 4.78 is 0. The molecule has 100 valence electrons. The zero-order valence-electron chi connectivity index (χ0n) is 12.4. The minimum Gasteiger partial charge on any atom is -0.262 e. The second-order valence-electron chi connectivity index (χ2n) is 5.74. The largest absolute Gasteiger partial charge is 0.262 e. The SMILES string of the molecule is Cc1cc(C(C)Cc2cccc(C(C)C)c2)ccn1. The predicted molar refractivity (Wildman–Crippen MR) is 81.6 cm³/mol. The van der Waals surface area contributed by atoms with Crippen molar-refractivity contribution in [3.8, 4) is 0 Å². The summed E-state index contributed by atoms with van der Waals surface area (Å²) in [4.78, 5) is 4.27. The Balaban J connectivity index is 2.14. The number of rotatable bonds is 4. The second-order valence-corrected chi connectivity index (χ2v) is 5.74. The molecule has 2 rings (SSSR count). The van der Waals surface area contributed by atoms with Crippen LogP contribution in [-0.4, -0.2) is 4.98 Å². The van der Waals surface area contributed by atoms with Crippen molar-refractivity contribution in [2.24, 2.45) is 0 Å². The topological polar surface area (TPSA) is 12.9 Å². The highest BCUT2D eigenvalue weighted by Gasteiger charge is 2.08. The highest BCUT2D eigenvalue weighted by molar-refractivity contribution is 5.28. The molecule has 1 nitrogen and oxygen atoms in total. The van der Waals surface area contributed by atoms with Gasteiger partial charge in [0.25, 0.3) is 0 Å². The van der Waals surface area contributed by atoms with Gasteiger partial charge >= 0.3 is 0 Å². The zero-order chi connectivity index (χ0) is 13.8. The van der Waals surface area contributed by atoms with Crippen molar-refractivity contribution in [2.75, 3.05) is 0 Å². The number of hydrogen-bond donors (Lipinski definition) is 0. The maximum absolute atomic E-state index is 4.27. The van der Waals surface area contributed by atoms with Crippen LogP contribution in [0.5, 0.6) is 0 Å². The highest BCUT2D eigenvalue weighted by atomic mass is 14.6. The molecule has 0 bridgehead atoms. The summed E-state index contributed by atoms with van der Waals surface area (Å²) in [6.45, 7) is 8.83. The smallest absolute Gasteiger partial charge is 0.0375 e. The molecule has 0 aliphatic carbocycles. The highest BCUT2D eigenvalue weighted by Crippen LogP contribution is 2.23. The van der Waals surface area contributed by atoms with Gasteiger partial charge in [-0.3, -0.25) is 4.98 Å². The van der Waals surface area contributed by atoms with Crippen LogP contribution >= 0.6 is 0 Å². The lowest BCUT2D eigenvalue weighted by molar-refractivity contribution is 0.752. The van der Waals surface area contributed by atoms with E-state index in [0.29, 0.717) is 11.8 Å². The summed E-state index contributed by atoms with van der Waals surface area (Å²) in [5.74, 6) is 1.13. The normalized spacial score (nSPS) is 12.7. The van der Waals surface area contributed by atoms with Gasteiger partial charge < -0.3 is 0 Å². The molecule has 1 unspecified atom stereocenters. The van der Waals surface area contributed by atoms with Crippen molar-refractivity contribution in [3.05, 3.63) is 65.0 Å². The van der Waals surface area contributed by atoms with Crippen molar-refractivity contribution in [3.63, 3.8) is 0 Å². The van der Waals surface area contributed by atoms with E-state index in [1.54, 1.807) is 0 Å². The van der Waals surface area contributed by atoms with Crippen LogP contribution in [0.15, 0.2) is 42.6 Å². The number of hydrogen-bond acceptors (Lipinski definition) is 1. The number of aryl methyl sites for hydroxylation is 1. The molecule has 1 aromatic carbocycles. The molecule has 0 fully saturated rings. The van der Waals surface area contributed by atoms with E-state index in [1.807, 2.05) is 6.20 Å². The second kappa shape index (κ2) is 6.01. The van der Waals surface area contributed by atoms with Crippen molar-refractivity contribution >= 4 is 0 Å². The fourth-order valence-corrected chi connectivity index (χ4v) is 2.42. The van der Waals surface area contributed by atoms with E-state index in [4.69, 9.17) is 0 Å². The lowest BCUT2D eigenvalue weighted by atomic mass is 9.92. The summed E-state index contributed by atoms with van der Waals surface area (Å²) in [7, 11) is 0. The molecule has 1 atom stereocenters. The van der Waals surface area contributed by atoms with Crippen LogP contribution in [0.4, 0.5) is 0 Å². The molecule has 0 amide bonds. The van der Waals surface area contributed by atoms with Gasteiger partial charge in [0.05, 0.1) is 0 Å². The first-order valence-electron chi connectivity index (χ1n) is 7.07. The Labute approximate surface area is 116 Å². The number of pyridine rings is 1. The van der Waals surface area contributed by atoms with Crippen LogP contribution in [0.25, 0.3) is 0 Å². The standard InChI is InChI=1S/C18H23N/c1-13(2)17-7-5-6-16(12-17)10-14(3)18-8-9-19-15(4)11-18/h5-9,11-14H,10H2,1-4H3. The van der Waals surface area contributed by atoms with Gasteiger partial charge in [0.2, 0.25) is 0 Å². The molecule has 1 aromatic heterocycles. The minimum atomic E-state index is 0.532. The van der Waals surface area contributed by atoms with E-state index >= 15 is 0 Å². The molecular formula is C18H23N. The van der Waals surface area contributed by atoms with Gasteiger partial charge in [0.15, 0.2) is 0 Å². The zero-order valence-corrected chi connectivity index (χ0v) is 12.4. The van der Waals surface area contributed by atoms with E-state index in [9.17, 15) is 0 Å². The van der Waals surface area contributed by atoms with E-state index in [-0.39, 0.29) is 0 Å². The lowest BCUT2D eigenvalue weighted by Gasteiger charge is -2.14. The average molecular weight is 253 g/mol. The third-order valence-electron chi connectivity index (χ3n) is 3.65. The summed E-state index contributed by atoms with van der Waals surface area (Å²) in [5.41, 5.74) is 5.33. The molecule has 1 heteroatoms. The number of benzene rings is 1. The van der Waals surface area contributed by atoms with Crippen LogP contribution in [-0.2, 0) is 6.42 Å². The molecule has 2 aromatic rings. The third-order valence-corrected chi connectivity index (χ3v) is 3.65. The molecule has 1 heterocycles. The van der Waals surface area contributed by atoms with E-state index in [1.165, 1.54) is 16.7 Å². The van der Waals surface area contributed by atoms with Gasteiger partial charge in [0.1, 0.15) is 0 Å². The molecule has 0 saturated heterocycles. The van der Waals surface area contributed by atoms with Gasteiger partial charge in [-0.05, 0) is 54.0 Å². The number of nitrogens with zero attached hydrogens (tertiary/aromatic N) is 1. The summed E-state index contributed by atoms with van der Waals surface area (Å²) in [6, 6.07) is 13.3. The minimum absolute atomic E-state index is 0.532. The molecule has 19 heavy (non-hydrogen) atoms. The molecule has 0 aliphatic rings. The maximum atomic E-state index is 4.27. The van der Waals surface area contributed by atoms with Crippen LogP contribution in [0.1, 0.15) is 55.0 Å². The fourth-order valence-electron chi connectivity index (χ4n) is 2.42. The third kappa shape index (κ3) is 3.66. The van der Waals surface area contributed by atoms with E-state index in [2.05, 4.69) is 69.1 Å². The number of aromatic nitrogens is 1. The molecule has 0 N–H and O–H groups in total. The first-order chi connectivity index (χ1) is 9.06. The van der Waals surface area contributed by atoms with E-state index in [0.717, 1.165) is 12.1 Å². The lowest BCUT2D eigenvalue weighted by Crippen LogP contribution is -2.00. The summed E-state index contributed by atoms with van der Waals surface area (Å²) in [6.07, 6.45) is 3.00. The Hall–Kier alpha value is -1.63. The van der Waals surface area contributed by atoms with Crippen LogP contribution in [0, 0.1) is 6.92 Å². The van der Waals surface area contributed by atoms with Crippen molar-refractivity contribution in [2.45, 2.75) is 46.0 Å². The molecular weight excluding hydrogens is 230 g/mol. The molecule has 0 aliphatic heterocycles. The van der Waals surface area contributed by atoms with Gasteiger partial charge in [-0.25, -0.2) is 0 Å². The van der Waals surface area contributed by atoms with Crippen LogP contribution < -0.4 is 0 Å². The van der Waals surface area contributed by atoms with Gasteiger partial charge in [-0.2, -0.15) is 0 Å². The van der Waals surface area contributed by atoms with Gasteiger partial charge in [0, 0.05) is 11.9 Å².